The molecular formula is C38H47N3O8. The van der Waals surface area contributed by atoms with Crippen molar-refractivity contribution in [2.75, 3.05) is 46.4 Å². The average molecular weight is 674 g/mol. The van der Waals surface area contributed by atoms with Gasteiger partial charge in [0.15, 0.2) is 0 Å². The molecule has 7 rings (SSSR count). The lowest BCUT2D eigenvalue weighted by molar-refractivity contribution is -0.155. The minimum atomic E-state index is -2.24. The van der Waals surface area contributed by atoms with E-state index >= 15 is 0 Å². The first kappa shape index (κ1) is 35.9. The van der Waals surface area contributed by atoms with E-state index in [-0.39, 0.29) is 22.4 Å². The van der Waals surface area contributed by atoms with Crippen LogP contribution in [0.2, 0.25) is 0 Å². The quantitative estimate of drug-likeness (QED) is 0.105. The van der Waals surface area contributed by atoms with Crippen LogP contribution >= 0.6 is 0 Å². The summed E-state index contributed by atoms with van der Waals surface area (Å²) >= 11 is 0. The van der Waals surface area contributed by atoms with Crippen LogP contribution in [0.15, 0.2) is 77.6 Å². The summed E-state index contributed by atoms with van der Waals surface area (Å²) in [6, 6.07) is 18.7. The Hall–Kier alpha value is -4.42. The van der Waals surface area contributed by atoms with Crippen LogP contribution in [0, 0.1) is 5.92 Å². The number of phenols is 1. The number of carboxylic acids is 1. The zero-order valence-electron chi connectivity index (χ0n) is 27.9. The van der Waals surface area contributed by atoms with Gasteiger partial charge in [-0.15, -0.1) is 0 Å². The molecular weight excluding hydrogens is 626 g/mol. The second-order valence-corrected chi connectivity index (χ2v) is 12.8. The lowest BCUT2D eigenvalue weighted by Gasteiger charge is -2.38. The molecule has 3 saturated heterocycles. The Morgan fingerprint density at radius 1 is 0.959 bits per heavy atom. The van der Waals surface area contributed by atoms with Crippen molar-refractivity contribution >= 4 is 16.9 Å². The Bertz CT molecular complexity index is 1710. The maximum Gasteiger partial charge on any atom is 0.345 e. The average Bonchev–Trinajstić information content (AvgIpc) is 3.13. The molecule has 6 N–H and O–H groups in total. The van der Waals surface area contributed by atoms with Crippen LogP contribution in [-0.2, 0) is 10.4 Å². The largest absolute Gasteiger partial charge is 0.506 e. The zero-order valence-corrected chi connectivity index (χ0v) is 27.9. The van der Waals surface area contributed by atoms with Gasteiger partial charge in [0, 0.05) is 23.6 Å². The number of H-pyrrole nitrogens is 1. The molecule has 0 spiro atoms. The standard InChI is InChI=1S/C31H34N2O8.C7H13N/c1-40-22-10-8-20(9-11-22)31(39,30(37)38)21-6-5-7-23(18-21)41-17-4-2-3-16-32-19-27(35)24-12-14-26(34)29-25(24)13-15-28(36)33-29;1-4-8-5-2-7(1)3-6-8/h5-15,18,27,32,34-35,39H,2-4,16-17,19H2,1H3,(H,33,36)(H,37,38);7H,1-6H2. The molecule has 3 fully saturated rings. The highest BCUT2D eigenvalue weighted by Gasteiger charge is 2.40. The number of aromatic amines is 1. The lowest BCUT2D eigenvalue weighted by Crippen LogP contribution is -2.41. The Morgan fingerprint density at radius 3 is 2.33 bits per heavy atom. The van der Waals surface area contributed by atoms with Crippen molar-refractivity contribution in [2.45, 2.75) is 50.2 Å². The summed E-state index contributed by atoms with van der Waals surface area (Å²) in [6.07, 6.45) is 6.10. The third kappa shape index (κ3) is 8.98. The number of aromatic nitrogens is 1. The Morgan fingerprint density at radius 2 is 1.69 bits per heavy atom. The molecule has 262 valence electrons. The van der Waals surface area contributed by atoms with Crippen molar-refractivity contribution in [1.29, 1.82) is 0 Å². The van der Waals surface area contributed by atoms with Crippen molar-refractivity contribution in [2.24, 2.45) is 5.92 Å². The number of carbonyl (C=O) groups is 1. The van der Waals surface area contributed by atoms with E-state index in [0.29, 0.717) is 47.7 Å². The summed E-state index contributed by atoms with van der Waals surface area (Å²) in [6.45, 7) is 5.58. The summed E-state index contributed by atoms with van der Waals surface area (Å²) in [5.41, 5.74) is -1.28. The van der Waals surface area contributed by atoms with Crippen LogP contribution in [0.3, 0.4) is 0 Å². The summed E-state index contributed by atoms with van der Waals surface area (Å²) in [4.78, 5) is 28.9. The van der Waals surface area contributed by atoms with Gasteiger partial charge < -0.3 is 45.1 Å². The van der Waals surface area contributed by atoms with E-state index in [9.17, 15) is 30.0 Å². The van der Waals surface area contributed by atoms with Gasteiger partial charge in [-0.05, 0) is 118 Å². The maximum absolute atomic E-state index is 12.1. The number of piperidine rings is 3. The van der Waals surface area contributed by atoms with Crippen molar-refractivity contribution in [3.05, 3.63) is 99.8 Å². The number of methoxy groups -OCH3 is 1. The predicted octanol–water partition coefficient (Wildman–Crippen LogP) is 4.54. The number of benzene rings is 3. The molecule has 2 unspecified atom stereocenters. The minimum Gasteiger partial charge on any atom is -0.506 e. The van der Waals surface area contributed by atoms with Crippen molar-refractivity contribution in [1.82, 2.24) is 15.2 Å². The summed E-state index contributed by atoms with van der Waals surface area (Å²) < 4.78 is 10.9. The fourth-order valence-electron chi connectivity index (χ4n) is 6.54. The fourth-order valence-corrected chi connectivity index (χ4v) is 6.54. The number of nitrogens with one attached hydrogen (secondary N) is 2. The maximum atomic E-state index is 12.1. The first-order valence-corrected chi connectivity index (χ1v) is 17.0. The molecule has 4 aromatic rings. The van der Waals surface area contributed by atoms with Crippen LogP contribution in [0.1, 0.15) is 61.3 Å². The van der Waals surface area contributed by atoms with Gasteiger partial charge >= 0.3 is 5.97 Å². The van der Waals surface area contributed by atoms with Gasteiger partial charge in [0.05, 0.1) is 25.3 Å². The number of aliphatic hydroxyl groups is 2. The molecule has 4 heterocycles. The zero-order chi connectivity index (χ0) is 34.8. The number of fused-ring (bicyclic) bond motifs is 4. The number of unbranched alkanes of at least 4 members (excludes halogenated alkanes) is 2. The highest BCUT2D eigenvalue weighted by Crippen LogP contribution is 2.33. The highest BCUT2D eigenvalue weighted by molar-refractivity contribution is 5.87. The summed E-state index contributed by atoms with van der Waals surface area (Å²) in [5, 5.41) is 45.5. The molecule has 0 amide bonds. The van der Waals surface area contributed by atoms with Gasteiger partial charge in [0.25, 0.3) is 0 Å². The first-order chi connectivity index (χ1) is 23.7. The van der Waals surface area contributed by atoms with Gasteiger partial charge in [0.1, 0.15) is 17.2 Å². The van der Waals surface area contributed by atoms with E-state index in [0.717, 1.165) is 25.2 Å². The van der Waals surface area contributed by atoms with Gasteiger partial charge in [-0.1, -0.05) is 30.3 Å². The van der Waals surface area contributed by atoms with Gasteiger partial charge in [-0.3, -0.25) is 4.79 Å². The third-order valence-electron chi connectivity index (χ3n) is 9.50. The van der Waals surface area contributed by atoms with Crippen LogP contribution < -0.4 is 20.3 Å². The number of rotatable bonds is 14. The molecule has 11 nitrogen and oxygen atoms in total. The normalized spacial score (nSPS) is 18.6. The monoisotopic (exact) mass is 673 g/mol. The van der Waals surface area contributed by atoms with Crippen LogP contribution in [0.25, 0.3) is 10.9 Å². The van der Waals surface area contributed by atoms with E-state index in [1.54, 1.807) is 42.5 Å². The topological polar surface area (TPSA) is 165 Å². The van der Waals surface area contributed by atoms with Crippen molar-refractivity contribution in [3.8, 4) is 17.2 Å². The second kappa shape index (κ2) is 16.8. The number of aliphatic carboxylic acids is 1. The number of hydrogen-bond donors (Lipinski definition) is 6. The smallest absolute Gasteiger partial charge is 0.345 e. The molecule has 0 aliphatic carbocycles. The lowest BCUT2D eigenvalue weighted by atomic mass is 9.86. The number of aromatic hydroxyl groups is 1. The predicted molar refractivity (Wildman–Crippen MR) is 187 cm³/mol. The summed E-state index contributed by atoms with van der Waals surface area (Å²) in [7, 11) is 1.51. The third-order valence-corrected chi connectivity index (χ3v) is 9.50. The fraction of sp³-hybridized carbons (Fsp3) is 0.421. The van der Waals surface area contributed by atoms with Crippen LogP contribution in [0.5, 0.6) is 17.2 Å². The van der Waals surface area contributed by atoms with E-state index in [2.05, 4.69) is 15.2 Å². The van der Waals surface area contributed by atoms with E-state index in [1.165, 1.54) is 76.3 Å². The van der Waals surface area contributed by atoms with Crippen molar-refractivity contribution in [3.63, 3.8) is 0 Å². The molecule has 49 heavy (non-hydrogen) atoms. The van der Waals surface area contributed by atoms with Gasteiger partial charge in [0.2, 0.25) is 11.2 Å². The van der Waals surface area contributed by atoms with E-state index in [4.69, 9.17) is 9.47 Å². The molecule has 3 aliphatic rings. The van der Waals surface area contributed by atoms with Crippen LogP contribution in [-0.4, -0.2) is 82.7 Å². The number of phenolic OH excluding ortho intramolecular Hbond substituents is 1. The summed E-state index contributed by atoms with van der Waals surface area (Å²) in [5.74, 6) is 0.672. The highest BCUT2D eigenvalue weighted by atomic mass is 16.5. The molecule has 3 aromatic carbocycles. The van der Waals surface area contributed by atoms with Gasteiger partial charge in [-0.25, -0.2) is 4.79 Å². The van der Waals surface area contributed by atoms with E-state index < -0.39 is 17.7 Å². The van der Waals surface area contributed by atoms with Crippen molar-refractivity contribution < 1.29 is 34.7 Å². The Balaban J connectivity index is 0.000000505. The van der Waals surface area contributed by atoms with Crippen LogP contribution in [0.4, 0.5) is 0 Å². The SMILES string of the molecule is C1CN2CCC1CC2.COc1ccc(C(O)(C(=O)O)c2cccc(OCCCCCNCC(O)c3ccc(O)c4[nH]c(=O)ccc34)c2)cc1. The number of pyridine rings is 1. The van der Waals surface area contributed by atoms with E-state index in [1.807, 2.05) is 0 Å². The molecule has 0 saturated carbocycles. The number of nitrogens with zero attached hydrogens (tertiary/aromatic N) is 1. The number of carboxylic acid groups (broad SMARTS) is 1. The number of aliphatic hydroxyl groups excluding tert-OH is 1. The molecule has 1 aromatic heterocycles. The molecule has 0 radical (unpaired) electrons. The second-order valence-electron chi connectivity index (χ2n) is 12.8. The number of hydrogen-bond acceptors (Lipinski definition) is 9. The molecule has 11 heteroatoms. The molecule has 2 bridgehead atoms. The number of ether oxygens (including phenoxy) is 2. The Kier molecular flexibility index (Phi) is 12.3. The molecule has 3 aliphatic heterocycles. The minimum absolute atomic E-state index is 0.0506. The Labute approximate surface area is 286 Å². The van der Waals surface area contributed by atoms with Gasteiger partial charge in [-0.2, -0.15) is 0 Å². The first-order valence-electron chi connectivity index (χ1n) is 17.0. The molecule has 2 atom stereocenters.